The summed E-state index contributed by atoms with van der Waals surface area (Å²) < 4.78 is 53.8. The van der Waals surface area contributed by atoms with Crippen molar-refractivity contribution in [1.82, 2.24) is 15.1 Å². The van der Waals surface area contributed by atoms with Crippen LogP contribution in [0, 0.1) is 11.6 Å². The van der Waals surface area contributed by atoms with Crippen molar-refractivity contribution in [2.45, 2.75) is 25.9 Å². The lowest BCUT2D eigenvalue weighted by molar-refractivity contribution is 0.0579. The lowest BCUT2D eigenvalue weighted by atomic mass is 9.97. The number of hydrogen-bond donors (Lipinski definition) is 1. The van der Waals surface area contributed by atoms with Gasteiger partial charge in [-0.15, -0.1) is 0 Å². The molecule has 3 rings (SSSR count). The third kappa shape index (κ3) is 2.42. The maximum atomic E-state index is 13.4. The van der Waals surface area contributed by atoms with E-state index in [2.05, 4.69) is 10.4 Å². The summed E-state index contributed by atoms with van der Waals surface area (Å²) in [6.45, 7) is -0.450. The molecule has 0 amide bonds. The molecular formula is C14H13F4N3. The topological polar surface area (TPSA) is 29.9 Å². The molecule has 1 aromatic heterocycles. The Balaban J connectivity index is 2.25. The van der Waals surface area contributed by atoms with Gasteiger partial charge in [-0.1, -0.05) is 0 Å². The van der Waals surface area contributed by atoms with Crippen LogP contribution >= 0.6 is 0 Å². The van der Waals surface area contributed by atoms with E-state index in [4.69, 9.17) is 0 Å². The van der Waals surface area contributed by atoms with E-state index in [0.717, 1.165) is 12.1 Å². The molecule has 7 heteroatoms. The average Bonchev–Trinajstić information content (AvgIpc) is 2.78. The van der Waals surface area contributed by atoms with Crippen LogP contribution in [0.2, 0.25) is 0 Å². The number of benzene rings is 1. The molecule has 1 aliphatic rings. The molecule has 0 bridgehead atoms. The summed E-state index contributed by atoms with van der Waals surface area (Å²) in [5, 5.41) is 7.05. The second-order valence-electron chi connectivity index (χ2n) is 5.02. The molecule has 112 valence electrons. The monoisotopic (exact) mass is 299 g/mol. The Labute approximate surface area is 118 Å². The Morgan fingerprint density at radius 2 is 1.90 bits per heavy atom. The van der Waals surface area contributed by atoms with Gasteiger partial charge in [-0.25, -0.2) is 13.5 Å². The summed E-state index contributed by atoms with van der Waals surface area (Å²) in [6, 6.07) is 2.63. The largest absolute Gasteiger partial charge is 0.333 e. The molecule has 0 saturated heterocycles. The van der Waals surface area contributed by atoms with Gasteiger partial charge in [0, 0.05) is 23.2 Å². The number of nitrogens with zero attached hydrogens (tertiary/aromatic N) is 2. The van der Waals surface area contributed by atoms with E-state index in [1.54, 1.807) is 0 Å². The predicted octanol–water partition coefficient (Wildman–Crippen LogP) is 3.43. The van der Waals surface area contributed by atoms with E-state index in [0.29, 0.717) is 35.0 Å². The van der Waals surface area contributed by atoms with E-state index in [1.165, 1.54) is 0 Å². The van der Waals surface area contributed by atoms with Crippen molar-refractivity contribution in [1.29, 1.82) is 0 Å². The number of hydrogen-bond acceptors (Lipinski definition) is 2. The van der Waals surface area contributed by atoms with Crippen LogP contribution < -0.4 is 5.32 Å². The summed E-state index contributed by atoms with van der Waals surface area (Å²) in [7, 11) is 0. The van der Waals surface area contributed by atoms with Gasteiger partial charge in [-0.3, -0.25) is 0 Å². The highest BCUT2D eigenvalue weighted by molar-refractivity contribution is 5.66. The van der Waals surface area contributed by atoms with Gasteiger partial charge in [0.2, 0.25) is 0 Å². The fourth-order valence-electron chi connectivity index (χ4n) is 2.73. The molecule has 1 aliphatic heterocycles. The van der Waals surface area contributed by atoms with Crippen molar-refractivity contribution in [2.24, 2.45) is 0 Å². The Hall–Kier alpha value is -1.89. The minimum absolute atomic E-state index is 0.0793. The number of alkyl halides is 2. The first-order valence-electron chi connectivity index (χ1n) is 6.56. The van der Waals surface area contributed by atoms with Gasteiger partial charge < -0.3 is 5.32 Å². The zero-order valence-corrected chi connectivity index (χ0v) is 11.2. The molecule has 21 heavy (non-hydrogen) atoms. The van der Waals surface area contributed by atoms with Crippen LogP contribution in [0.3, 0.4) is 0 Å². The van der Waals surface area contributed by atoms with Crippen molar-refractivity contribution in [3.63, 3.8) is 0 Å². The minimum Gasteiger partial charge on any atom is -0.308 e. The third-order valence-electron chi connectivity index (χ3n) is 3.60. The first kappa shape index (κ1) is 14.1. The third-order valence-corrected chi connectivity index (χ3v) is 3.60. The number of fused-ring (bicyclic) bond motifs is 1. The molecule has 3 nitrogen and oxygen atoms in total. The maximum Gasteiger partial charge on any atom is 0.333 e. The van der Waals surface area contributed by atoms with Crippen LogP contribution in [-0.4, -0.2) is 16.3 Å². The zero-order chi connectivity index (χ0) is 15.1. The van der Waals surface area contributed by atoms with Gasteiger partial charge in [0.15, 0.2) is 0 Å². The fourth-order valence-corrected chi connectivity index (χ4v) is 2.73. The van der Waals surface area contributed by atoms with E-state index < -0.39 is 18.2 Å². The quantitative estimate of drug-likeness (QED) is 0.861. The van der Waals surface area contributed by atoms with Gasteiger partial charge in [-0.05, 0) is 32.0 Å². The zero-order valence-electron chi connectivity index (χ0n) is 11.2. The molecule has 1 atom stereocenters. The molecule has 0 fully saturated rings. The second-order valence-corrected chi connectivity index (χ2v) is 5.02. The van der Waals surface area contributed by atoms with Gasteiger partial charge in [0.25, 0.3) is 0 Å². The summed E-state index contributed by atoms with van der Waals surface area (Å²) in [5.41, 5.74) is 1.29. The van der Waals surface area contributed by atoms with Crippen molar-refractivity contribution in [2.75, 3.05) is 6.54 Å². The van der Waals surface area contributed by atoms with Crippen LogP contribution in [0.5, 0.6) is 0 Å². The van der Waals surface area contributed by atoms with Crippen molar-refractivity contribution >= 4 is 0 Å². The first-order valence-corrected chi connectivity index (χ1v) is 6.56. The number of rotatable bonds is 2. The molecule has 0 radical (unpaired) electrons. The molecule has 2 heterocycles. The predicted molar refractivity (Wildman–Crippen MR) is 69.0 cm³/mol. The minimum atomic E-state index is -2.87. The SMILES string of the molecule is CC1NCCc2c1nn(C(F)F)c2-c1cc(F)cc(F)c1. The van der Waals surface area contributed by atoms with Crippen LogP contribution in [0.4, 0.5) is 17.6 Å². The van der Waals surface area contributed by atoms with Crippen molar-refractivity contribution in [3.8, 4) is 11.3 Å². The van der Waals surface area contributed by atoms with E-state index >= 15 is 0 Å². The molecule has 0 spiro atoms. The maximum absolute atomic E-state index is 13.4. The Morgan fingerprint density at radius 3 is 2.52 bits per heavy atom. The number of nitrogens with one attached hydrogen (secondary N) is 1. The van der Waals surface area contributed by atoms with Crippen LogP contribution in [0.15, 0.2) is 18.2 Å². The van der Waals surface area contributed by atoms with Crippen molar-refractivity contribution < 1.29 is 17.6 Å². The Morgan fingerprint density at radius 1 is 1.24 bits per heavy atom. The van der Waals surface area contributed by atoms with E-state index in [-0.39, 0.29) is 17.3 Å². The van der Waals surface area contributed by atoms with Crippen LogP contribution in [0.1, 0.15) is 30.8 Å². The van der Waals surface area contributed by atoms with Crippen LogP contribution in [-0.2, 0) is 6.42 Å². The lowest BCUT2D eigenvalue weighted by Gasteiger charge is -2.19. The summed E-state index contributed by atoms with van der Waals surface area (Å²) in [4.78, 5) is 0. The molecular weight excluding hydrogens is 286 g/mol. The van der Waals surface area contributed by atoms with Crippen LogP contribution in [0.25, 0.3) is 11.3 Å². The van der Waals surface area contributed by atoms with Gasteiger partial charge in [0.1, 0.15) is 11.6 Å². The van der Waals surface area contributed by atoms with Crippen molar-refractivity contribution in [3.05, 3.63) is 41.1 Å². The average molecular weight is 299 g/mol. The molecule has 1 aromatic carbocycles. The molecule has 1 unspecified atom stereocenters. The Bertz CT molecular complexity index is 661. The van der Waals surface area contributed by atoms with E-state index in [1.807, 2.05) is 6.92 Å². The van der Waals surface area contributed by atoms with E-state index in [9.17, 15) is 17.6 Å². The fraction of sp³-hybridized carbons (Fsp3) is 0.357. The Kier molecular flexibility index (Phi) is 3.44. The van der Waals surface area contributed by atoms with Gasteiger partial charge in [-0.2, -0.15) is 13.9 Å². The van der Waals surface area contributed by atoms with Gasteiger partial charge in [0.05, 0.1) is 11.4 Å². The second kappa shape index (κ2) is 5.14. The number of halogens is 4. The normalized spacial score (nSPS) is 18.1. The smallest absolute Gasteiger partial charge is 0.308 e. The summed E-state index contributed by atoms with van der Waals surface area (Å²) >= 11 is 0. The standard InChI is InChI=1S/C14H13F4N3/c1-7-12-11(2-3-19-7)13(21(20-12)14(17)18)8-4-9(15)6-10(16)5-8/h4-7,14,19H,2-3H2,1H3. The summed E-state index contributed by atoms with van der Waals surface area (Å²) in [5.74, 6) is -1.61. The van der Waals surface area contributed by atoms with Gasteiger partial charge >= 0.3 is 6.55 Å². The molecule has 0 saturated carbocycles. The molecule has 1 N–H and O–H groups in total. The summed E-state index contributed by atoms with van der Waals surface area (Å²) in [6.07, 6.45) is 0.486. The number of aromatic nitrogens is 2. The highest BCUT2D eigenvalue weighted by Crippen LogP contribution is 2.35. The lowest BCUT2D eigenvalue weighted by Crippen LogP contribution is -2.27. The molecule has 2 aromatic rings. The highest BCUT2D eigenvalue weighted by Gasteiger charge is 2.28. The highest BCUT2D eigenvalue weighted by atomic mass is 19.3. The molecule has 0 aliphatic carbocycles. The first-order chi connectivity index (χ1) is 9.97.